The van der Waals surface area contributed by atoms with Crippen molar-refractivity contribution in [2.45, 2.75) is 72.4 Å². The molecule has 0 saturated heterocycles. The Kier molecular flexibility index (Phi) is 6.23. The third-order valence-corrected chi connectivity index (χ3v) is 3.87. The van der Waals surface area contributed by atoms with Crippen LogP contribution in [0.3, 0.4) is 0 Å². The summed E-state index contributed by atoms with van der Waals surface area (Å²) in [6.45, 7) is 11.8. The van der Waals surface area contributed by atoms with Crippen molar-refractivity contribution in [2.24, 2.45) is 11.3 Å². The van der Waals surface area contributed by atoms with Crippen LogP contribution < -0.4 is 10.9 Å². The van der Waals surface area contributed by atoms with Crippen molar-refractivity contribution in [3.05, 3.63) is 0 Å². The van der Waals surface area contributed by atoms with Crippen LogP contribution in [-0.2, 0) is 14.3 Å². The quantitative estimate of drug-likeness (QED) is 0.616. The summed E-state index contributed by atoms with van der Waals surface area (Å²) in [4.78, 5) is 23.7. The molecule has 128 valence electrons. The van der Waals surface area contributed by atoms with Crippen LogP contribution in [0.5, 0.6) is 0 Å². The summed E-state index contributed by atoms with van der Waals surface area (Å²) in [5, 5.41) is 0. The van der Waals surface area contributed by atoms with Crippen molar-refractivity contribution in [3.8, 4) is 0 Å². The molecule has 6 heteroatoms. The number of rotatable bonds is 4. The third kappa shape index (κ3) is 5.83. The predicted molar refractivity (Wildman–Crippen MR) is 84.0 cm³/mol. The zero-order chi connectivity index (χ0) is 17.0. The molecular formula is C16H30N2O4. The van der Waals surface area contributed by atoms with E-state index in [1.807, 2.05) is 27.7 Å². The molecule has 0 aliphatic heterocycles. The molecular weight excluding hydrogens is 284 g/mol. The average Bonchev–Trinajstić information content (AvgIpc) is 2.33. The second-order valence-corrected chi connectivity index (χ2v) is 7.54. The van der Waals surface area contributed by atoms with Crippen LogP contribution in [0, 0.1) is 11.3 Å². The van der Waals surface area contributed by atoms with Gasteiger partial charge in [0.15, 0.2) is 0 Å². The van der Waals surface area contributed by atoms with Crippen LogP contribution in [0.25, 0.3) is 0 Å². The first kappa shape index (κ1) is 18.7. The summed E-state index contributed by atoms with van der Waals surface area (Å²) in [6, 6.07) is 0.119. The fourth-order valence-electron chi connectivity index (χ4n) is 2.91. The van der Waals surface area contributed by atoms with Gasteiger partial charge in [-0.3, -0.25) is 10.2 Å². The Bertz CT molecular complexity index is 401. The van der Waals surface area contributed by atoms with Crippen molar-refractivity contribution in [3.63, 3.8) is 0 Å². The third-order valence-electron chi connectivity index (χ3n) is 3.87. The number of hydrogen-bond acceptors (Lipinski definition) is 5. The number of carbonyl (C=O) groups is 2. The number of hydrogen-bond donors (Lipinski definition) is 2. The maximum atomic E-state index is 12.0. The first-order chi connectivity index (χ1) is 10.0. The summed E-state index contributed by atoms with van der Waals surface area (Å²) in [5.41, 5.74) is 4.91. The van der Waals surface area contributed by atoms with Gasteiger partial charge in [0.2, 0.25) is 0 Å². The minimum Gasteiger partial charge on any atom is -0.466 e. The lowest BCUT2D eigenvalue weighted by Crippen LogP contribution is -2.51. The van der Waals surface area contributed by atoms with Gasteiger partial charge in [0.25, 0.3) is 0 Å². The number of hydrazine groups is 1. The predicted octanol–water partition coefficient (Wildman–Crippen LogP) is 2.77. The van der Waals surface area contributed by atoms with Crippen LogP contribution in [0.2, 0.25) is 0 Å². The van der Waals surface area contributed by atoms with E-state index in [9.17, 15) is 9.59 Å². The molecule has 1 amide bonds. The van der Waals surface area contributed by atoms with Gasteiger partial charge in [0, 0.05) is 6.04 Å². The number of amides is 1. The van der Waals surface area contributed by atoms with Crippen molar-refractivity contribution < 1.29 is 19.1 Å². The molecule has 0 heterocycles. The van der Waals surface area contributed by atoms with E-state index in [2.05, 4.69) is 24.7 Å². The van der Waals surface area contributed by atoms with Crippen LogP contribution in [0.1, 0.15) is 60.8 Å². The van der Waals surface area contributed by atoms with Gasteiger partial charge in [-0.25, -0.2) is 10.2 Å². The lowest BCUT2D eigenvalue weighted by atomic mass is 9.67. The smallest absolute Gasteiger partial charge is 0.422 e. The molecule has 0 bridgehead atoms. The fourth-order valence-corrected chi connectivity index (χ4v) is 2.91. The Morgan fingerprint density at radius 1 is 1.23 bits per heavy atom. The Morgan fingerprint density at radius 2 is 1.86 bits per heavy atom. The maximum Gasteiger partial charge on any atom is 0.422 e. The molecule has 1 saturated carbocycles. The van der Waals surface area contributed by atoms with Crippen LogP contribution >= 0.6 is 0 Å². The van der Waals surface area contributed by atoms with E-state index < -0.39 is 11.7 Å². The van der Waals surface area contributed by atoms with E-state index in [1.54, 1.807) is 0 Å². The van der Waals surface area contributed by atoms with Crippen molar-refractivity contribution >= 4 is 12.1 Å². The molecule has 1 fully saturated rings. The zero-order valence-corrected chi connectivity index (χ0v) is 14.6. The summed E-state index contributed by atoms with van der Waals surface area (Å²) < 4.78 is 10.3. The van der Waals surface area contributed by atoms with Crippen molar-refractivity contribution in [1.29, 1.82) is 0 Å². The van der Waals surface area contributed by atoms with E-state index in [4.69, 9.17) is 9.47 Å². The van der Waals surface area contributed by atoms with Gasteiger partial charge >= 0.3 is 12.1 Å². The molecule has 0 spiro atoms. The number of carbonyl (C=O) groups excluding carboxylic acids is 2. The lowest BCUT2D eigenvalue weighted by Gasteiger charge is -2.41. The van der Waals surface area contributed by atoms with Gasteiger partial charge in [-0.05, 0) is 52.4 Å². The first-order valence-electron chi connectivity index (χ1n) is 7.96. The number of esters is 1. The van der Waals surface area contributed by atoms with Crippen molar-refractivity contribution in [1.82, 2.24) is 10.9 Å². The van der Waals surface area contributed by atoms with E-state index in [1.165, 1.54) is 0 Å². The summed E-state index contributed by atoms with van der Waals surface area (Å²) >= 11 is 0. The molecule has 6 nitrogen and oxygen atoms in total. The highest BCUT2D eigenvalue weighted by molar-refractivity contribution is 5.73. The number of nitrogens with one attached hydrogen (secondary N) is 2. The first-order valence-corrected chi connectivity index (χ1v) is 7.96. The molecule has 1 aliphatic carbocycles. The molecule has 0 aromatic carbocycles. The normalized spacial score (nSPS) is 24.5. The molecule has 0 aromatic heterocycles. The highest BCUT2D eigenvalue weighted by Gasteiger charge is 2.41. The van der Waals surface area contributed by atoms with Crippen LogP contribution in [0.4, 0.5) is 4.79 Å². The van der Waals surface area contributed by atoms with Crippen LogP contribution in [-0.4, -0.2) is 30.3 Å². The molecule has 0 radical (unpaired) electrons. The zero-order valence-electron chi connectivity index (χ0n) is 14.6. The molecule has 2 atom stereocenters. The number of ether oxygens (including phenoxy) is 2. The highest BCUT2D eigenvalue weighted by atomic mass is 16.6. The summed E-state index contributed by atoms with van der Waals surface area (Å²) in [6.07, 6.45) is 1.85. The Hall–Kier alpha value is -1.30. The van der Waals surface area contributed by atoms with E-state index in [-0.39, 0.29) is 23.3 Å². The Labute approximate surface area is 133 Å². The Balaban J connectivity index is 2.48. The molecule has 22 heavy (non-hydrogen) atoms. The SMILES string of the molecule is CCOC(=O)[C@H]1CC[C@H](NNC(=O)OC(C)(C)C)CC1(C)C. The van der Waals surface area contributed by atoms with Gasteiger partial charge in [0.1, 0.15) is 5.60 Å². The van der Waals surface area contributed by atoms with E-state index in [0.717, 1.165) is 19.3 Å². The molecule has 0 unspecified atom stereocenters. The highest BCUT2D eigenvalue weighted by Crippen LogP contribution is 2.41. The van der Waals surface area contributed by atoms with E-state index >= 15 is 0 Å². The van der Waals surface area contributed by atoms with Gasteiger partial charge in [-0.15, -0.1) is 0 Å². The second-order valence-electron chi connectivity index (χ2n) is 7.54. The topological polar surface area (TPSA) is 76.7 Å². The lowest BCUT2D eigenvalue weighted by molar-refractivity contribution is -0.154. The van der Waals surface area contributed by atoms with E-state index in [0.29, 0.717) is 6.61 Å². The van der Waals surface area contributed by atoms with Gasteiger partial charge in [-0.2, -0.15) is 0 Å². The minimum absolute atomic E-state index is 0.0907. The Morgan fingerprint density at radius 3 is 2.36 bits per heavy atom. The molecule has 2 N–H and O–H groups in total. The second kappa shape index (κ2) is 7.31. The summed E-state index contributed by atoms with van der Waals surface area (Å²) in [7, 11) is 0. The summed E-state index contributed by atoms with van der Waals surface area (Å²) in [5.74, 6) is -0.210. The fraction of sp³-hybridized carbons (Fsp3) is 0.875. The largest absolute Gasteiger partial charge is 0.466 e. The standard InChI is InChI=1S/C16H30N2O4/c1-7-21-13(19)12-9-8-11(10-16(12,5)6)17-18-14(20)22-15(2,3)4/h11-12,17H,7-10H2,1-6H3,(H,18,20)/t11-,12+/m0/s1. The average molecular weight is 314 g/mol. The maximum absolute atomic E-state index is 12.0. The molecule has 0 aromatic rings. The molecule has 1 aliphatic rings. The van der Waals surface area contributed by atoms with Gasteiger partial charge < -0.3 is 9.47 Å². The van der Waals surface area contributed by atoms with Crippen molar-refractivity contribution in [2.75, 3.05) is 6.61 Å². The monoisotopic (exact) mass is 314 g/mol. The van der Waals surface area contributed by atoms with Crippen LogP contribution in [0.15, 0.2) is 0 Å². The minimum atomic E-state index is -0.521. The van der Waals surface area contributed by atoms with Gasteiger partial charge in [0.05, 0.1) is 12.5 Å². The van der Waals surface area contributed by atoms with Gasteiger partial charge in [-0.1, -0.05) is 13.8 Å². The molecule has 1 rings (SSSR count).